The molecule has 0 aliphatic carbocycles. The lowest BCUT2D eigenvalue weighted by Crippen LogP contribution is -2.19. The van der Waals surface area contributed by atoms with E-state index in [9.17, 15) is 0 Å². The summed E-state index contributed by atoms with van der Waals surface area (Å²) in [5, 5.41) is 17.2. The number of nitriles is 1. The van der Waals surface area contributed by atoms with Crippen molar-refractivity contribution < 1.29 is 0 Å². The second kappa shape index (κ2) is 4.54. The third-order valence-corrected chi connectivity index (χ3v) is 3.03. The van der Waals surface area contributed by atoms with Crippen molar-refractivity contribution in [3.63, 3.8) is 0 Å². The van der Waals surface area contributed by atoms with Gasteiger partial charge in [0.1, 0.15) is 6.07 Å². The van der Waals surface area contributed by atoms with Crippen LogP contribution in [0.1, 0.15) is 32.2 Å². The van der Waals surface area contributed by atoms with Crippen LogP contribution in [0.2, 0.25) is 0 Å². The number of hydrogen-bond donors (Lipinski definition) is 0. The lowest BCUT2D eigenvalue weighted by molar-refractivity contribution is 0.541. The minimum atomic E-state index is -0.198. The zero-order valence-electron chi connectivity index (χ0n) is 10.5. The minimum absolute atomic E-state index is 0.198. The van der Waals surface area contributed by atoms with Gasteiger partial charge in [0, 0.05) is 9.89 Å². The van der Waals surface area contributed by atoms with Gasteiger partial charge in [-0.2, -0.15) is 5.26 Å². The van der Waals surface area contributed by atoms with E-state index in [4.69, 9.17) is 5.26 Å². The summed E-state index contributed by atoms with van der Waals surface area (Å²) in [6.45, 7) is 6.13. The summed E-state index contributed by atoms with van der Waals surface area (Å²) < 4.78 is 2.69. The highest BCUT2D eigenvalue weighted by Gasteiger charge is 2.26. The molecule has 0 saturated heterocycles. The second-order valence-electron chi connectivity index (χ2n) is 5.04. The quantitative estimate of drug-likeness (QED) is 0.813. The van der Waals surface area contributed by atoms with E-state index < -0.39 is 0 Å². The molecular weight excluding hydrogens is 292 g/mol. The molecule has 0 unspecified atom stereocenters. The molecule has 0 bridgehead atoms. The van der Waals surface area contributed by atoms with Crippen LogP contribution < -0.4 is 0 Å². The molecule has 4 nitrogen and oxygen atoms in total. The Labute approximate surface area is 114 Å². The largest absolute Gasteiger partial charge is 0.216 e. The maximum absolute atomic E-state index is 9.12. The van der Waals surface area contributed by atoms with E-state index in [0.717, 1.165) is 15.9 Å². The summed E-state index contributed by atoms with van der Waals surface area (Å²) in [6.07, 6.45) is 0. The Kier molecular flexibility index (Phi) is 3.22. The molecule has 5 heteroatoms. The molecule has 0 saturated carbocycles. The molecule has 0 aliphatic heterocycles. The number of rotatable bonds is 1. The highest BCUT2D eigenvalue weighted by molar-refractivity contribution is 9.10. The summed E-state index contributed by atoms with van der Waals surface area (Å²) in [7, 11) is 0. The molecule has 18 heavy (non-hydrogen) atoms. The topological polar surface area (TPSA) is 54.5 Å². The molecule has 0 fully saturated rings. The van der Waals surface area contributed by atoms with Gasteiger partial charge >= 0.3 is 0 Å². The first-order valence-corrected chi connectivity index (χ1v) is 6.35. The highest BCUT2D eigenvalue weighted by Crippen LogP contribution is 2.27. The van der Waals surface area contributed by atoms with Crippen molar-refractivity contribution in [2.24, 2.45) is 0 Å². The second-order valence-corrected chi connectivity index (χ2v) is 5.96. The van der Waals surface area contributed by atoms with Gasteiger partial charge in [-0.15, -0.1) is 5.10 Å². The molecule has 1 heterocycles. The van der Waals surface area contributed by atoms with Crippen molar-refractivity contribution in [1.29, 1.82) is 5.26 Å². The maximum Gasteiger partial charge on any atom is 0.186 e. The molecule has 0 aliphatic rings. The molecule has 1 aromatic heterocycles. The third kappa shape index (κ3) is 2.29. The van der Waals surface area contributed by atoms with Crippen LogP contribution in [0.5, 0.6) is 0 Å². The number of halogens is 1. The Morgan fingerprint density at radius 3 is 2.61 bits per heavy atom. The van der Waals surface area contributed by atoms with Crippen LogP contribution in [-0.2, 0) is 5.41 Å². The average Bonchev–Trinajstić information content (AvgIpc) is 2.72. The lowest BCUT2D eigenvalue weighted by atomic mass is 9.90. The predicted octanol–water partition coefficient (Wildman–Crippen LogP) is 3.20. The minimum Gasteiger partial charge on any atom is -0.216 e. The van der Waals surface area contributed by atoms with Crippen LogP contribution in [0.3, 0.4) is 0 Å². The van der Waals surface area contributed by atoms with Gasteiger partial charge in [-0.3, -0.25) is 0 Å². The van der Waals surface area contributed by atoms with Crippen LogP contribution in [0.25, 0.3) is 5.69 Å². The Morgan fingerprint density at radius 1 is 1.33 bits per heavy atom. The molecular formula is C13H13BrN4. The van der Waals surface area contributed by atoms with Crippen LogP contribution in [0.15, 0.2) is 28.7 Å². The monoisotopic (exact) mass is 304 g/mol. The lowest BCUT2D eigenvalue weighted by Gasteiger charge is -2.19. The fourth-order valence-corrected chi connectivity index (χ4v) is 2.21. The fourth-order valence-electron chi connectivity index (χ4n) is 1.82. The third-order valence-electron chi connectivity index (χ3n) is 2.54. The summed E-state index contributed by atoms with van der Waals surface area (Å²) in [4.78, 5) is 0. The number of hydrogen-bond acceptors (Lipinski definition) is 3. The van der Waals surface area contributed by atoms with Crippen molar-refractivity contribution >= 4 is 15.9 Å². The first-order valence-electron chi connectivity index (χ1n) is 5.55. The first kappa shape index (κ1) is 12.8. The van der Waals surface area contributed by atoms with E-state index >= 15 is 0 Å². The van der Waals surface area contributed by atoms with E-state index in [1.165, 1.54) is 0 Å². The van der Waals surface area contributed by atoms with Gasteiger partial charge in [0.05, 0.1) is 11.4 Å². The molecule has 0 spiro atoms. The Bertz CT molecular complexity index is 617. The van der Waals surface area contributed by atoms with Crippen molar-refractivity contribution in [3.8, 4) is 11.8 Å². The summed E-state index contributed by atoms with van der Waals surface area (Å²) in [5.74, 6) is 0. The fraction of sp³-hybridized carbons (Fsp3) is 0.308. The normalized spacial score (nSPS) is 11.3. The predicted molar refractivity (Wildman–Crippen MR) is 72.5 cm³/mol. The number of nitrogens with zero attached hydrogens (tertiary/aromatic N) is 4. The Balaban J connectivity index is 2.67. The number of aromatic nitrogens is 3. The summed E-state index contributed by atoms with van der Waals surface area (Å²) >= 11 is 3.43. The van der Waals surface area contributed by atoms with Crippen LogP contribution in [0.4, 0.5) is 0 Å². The van der Waals surface area contributed by atoms with E-state index in [-0.39, 0.29) is 5.41 Å². The number of benzene rings is 1. The molecule has 92 valence electrons. The van der Waals surface area contributed by atoms with Gasteiger partial charge in [-0.25, -0.2) is 4.68 Å². The van der Waals surface area contributed by atoms with Crippen LogP contribution in [-0.4, -0.2) is 15.0 Å². The Hall–Kier alpha value is -1.67. The molecule has 1 aromatic carbocycles. The molecule has 0 amide bonds. The molecule has 0 radical (unpaired) electrons. The molecule has 2 aromatic rings. The van der Waals surface area contributed by atoms with E-state index in [1.54, 1.807) is 4.68 Å². The van der Waals surface area contributed by atoms with Gasteiger partial charge in [0.15, 0.2) is 5.69 Å². The average molecular weight is 305 g/mol. The van der Waals surface area contributed by atoms with Gasteiger partial charge in [-0.05, 0) is 18.2 Å². The van der Waals surface area contributed by atoms with E-state index in [1.807, 2.05) is 45.0 Å². The van der Waals surface area contributed by atoms with Gasteiger partial charge in [0.2, 0.25) is 0 Å². The van der Waals surface area contributed by atoms with Crippen molar-refractivity contribution in [2.45, 2.75) is 26.2 Å². The van der Waals surface area contributed by atoms with E-state index in [2.05, 4.69) is 32.3 Å². The van der Waals surface area contributed by atoms with Crippen LogP contribution >= 0.6 is 15.9 Å². The van der Waals surface area contributed by atoms with Gasteiger partial charge < -0.3 is 0 Å². The Morgan fingerprint density at radius 2 is 2.06 bits per heavy atom. The highest BCUT2D eigenvalue weighted by atomic mass is 79.9. The van der Waals surface area contributed by atoms with Crippen molar-refractivity contribution in [1.82, 2.24) is 15.0 Å². The van der Waals surface area contributed by atoms with Crippen molar-refractivity contribution in [3.05, 3.63) is 40.1 Å². The first-order chi connectivity index (χ1) is 8.43. The molecule has 0 N–H and O–H groups in total. The SMILES string of the molecule is CC(C)(C)c1c(C#N)nnn1-c1cccc(Br)c1. The van der Waals surface area contributed by atoms with E-state index in [0.29, 0.717) is 5.69 Å². The summed E-state index contributed by atoms with van der Waals surface area (Å²) in [5.41, 5.74) is 1.89. The van der Waals surface area contributed by atoms with Crippen LogP contribution in [0, 0.1) is 11.3 Å². The maximum atomic E-state index is 9.12. The van der Waals surface area contributed by atoms with Crippen molar-refractivity contribution in [2.75, 3.05) is 0 Å². The zero-order valence-corrected chi connectivity index (χ0v) is 12.1. The molecule has 0 atom stereocenters. The summed E-state index contributed by atoms with van der Waals surface area (Å²) in [6, 6.07) is 9.87. The van der Waals surface area contributed by atoms with Gasteiger partial charge in [-0.1, -0.05) is 48.0 Å². The van der Waals surface area contributed by atoms with Gasteiger partial charge in [0.25, 0.3) is 0 Å². The zero-order chi connectivity index (χ0) is 13.3. The smallest absolute Gasteiger partial charge is 0.186 e. The standard InChI is InChI=1S/C13H13BrN4/c1-13(2,3)12-11(8-15)16-17-18(12)10-6-4-5-9(14)7-10/h4-7H,1-3H3. The molecule has 2 rings (SSSR count).